The van der Waals surface area contributed by atoms with Crippen LogP contribution in [-0.2, 0) is 9.47 Å². The van der Waals surface area contributed by atoms with Crippen molar-refractivity contribution in [2.45, 2.75) is 26.1 Å². The number of fused-ring (bicyclic) bond motifs is 2. The molecule has 0 amide bonds. The van der Waals surface area contributed by atoms with E-state index in [1.165, 1.54) is 5.57 Å². The molecule has 4 atom stereocenters. The van der Waals surface area contributed by atoms with E-state index in [9.17, 15) is 0 Å². The fourth-order valence-electron chi connectivity index (χ4n) is 4.60. The number of rotatable bonds is 6. The molecule has 0 N–H and O–H groups in total. The first-order valence-electron chi connectivity index (χ1n) is 10.7. The van der Waals surface area contributed by atoms with Crippen molar-refractivity contribution in [3.05, 3.63) is 59.2 Å². The maximum absolute atomic E-state index is 6.26. The van der Waals surface area contributed by atoms with Crippen molar-refractivity contribution in [3.8, 4) is 23.0 Å². The molecule has 3 heterocycles. The molecule has 6 heteroatoms. The summed E-state index contributed by atoms with van der Waals surface area (Å²) < 4.78 is 34.9. The van der Waals surface area contributed by atoms with Gasteiger partial charge < -0.3 is 28.4 Å². The van der Waals surface area contributed by atoms with Crippen LogP contribution in [0.15, 0.2) is 48.0 Å². The maximum Gasteiger partial charge on any atom is 0.231 e. The van der Waals surface area contributed by atoms with Crippen molar-refractivity contribution in [2.75, 3.05) is 33.7 Å². The van der Waals surface area contributed by atoms with E-state index in [4.69, 9.17) is 28.4 Å². The third-order valence-electron chi connectivity index (χ3n) is 6.24. The Kier molecular flexibility index (Phi) is 5.50. The molecule has 0 spiro atoms. The van der Waals surface area contributed by atoms with Gasteiger partial charge in [0, 0.05) is 11.8 Å². The Morgan fingerprint density at radius 3 is 2.29 bits per heavy atom. The molecule has 0 unspecified atom stereocenters. The number of hydrogen-bond donors (Lipinski definition) is 0. The molecule has 164 valence electrons. The highest BCUT2D eigenvalue weighted by Gasteiger charge is 2.48. The normalized spacial score (nSPS) is 25.9. The topological polar surface area (TPSA) is 55.4 Å². The van der Waals surface area contributed by atoms with Crippen LogP contribution in [0.4, 0.5) is 0 Å². The molecule has 0 bridgehead atoms. The molecule has 6 nitrogen and oxygen atoms in total. The third kappa shape index (κ3) is 3.86. The Bertz CT molecular complexity index is 980. The molecule has 0 saturated carbocycles. The van der Waals surface area contributed by atoms with Gasteiger partial charge in [-0.1, -0.05) is 17.7 Å². The van der Waals surface area contributed by atoms with Gasteiger partial charge in [-0.05, 0) is 55.3 Å². The number of benzene rings is 2. The maximum atomic E-state index is 6.26. The van der Waals surface area contributed by atoms with Gasteiger partial charge in [0.1, 0.15) is 6.61 Å². The van der Waals surface area contributed by atoms with Gasteiger partial charge >= 0.3 is 0 Å². The molecule has 3 aliphatic heterocycles. The second-order valence-electron chi connectivity index (χ2n) is 8.45. The first-order chi connectivity index (χ1) is 15.1. The lowest BCUT2D eigenvalue weighted by Gasteiger charge is -2.18. The predicted molar refractivity (Wildman–Crippen MR) is 115 cm³/mol. The fourth-order valence-corrected chi connectivity index (χ4v) is 4.60. The van der Waals surface area contributed by atoms with Crippen LogP contribution in [0.1, 0.15) is 37.2 Å². The molecular formula is C25H28O6. The van der Waals surface area contributed by atoms with Crippen LogP contribution in [0.5, 0.6) is 23.0 Å². The zero-order valence-electron chi connectivity index (χ0n) is 18.1. The number of ether oxygens (including phenoxy) is 6. The Balaban J connectivity index is 1.32. The lowest BCUT2D eigenvalue weighted by atomic mass is 9.85. The highest BCUT2D eigenvalue weighted by Crippen LogP contribution is 2.51. The van der Waals surface area contributed by atoms with Crippen LogP contribution in [-0.4, -0.2) is 33.7 Å². The van der Waals surface area contributed by atoms with Gasteiger partial charge in [-0.25, -0.2) is 0 Å². The van der Waals surface area contributed by atoms with Gasteiger partial charge in [0.15, 0.2) is 23.0 Å². The quantitative estimate of drug-likeness (QED) is 0.619. The molecule has 2 fully saturated rings. The Morgan fingerprint density at radius 1 is 0.903 bits per heavy atom. The monoisotopic (exact) mass is 424 g/mol. The lowest BCUT2D eigenvalue weighted by Crippen LogP contribution is -2.14. The first-order valence-corrected chi connectivity index (χ1v) is 10.7. The van der Waals surface area contributed by atoms with E-state index in [0.717, 1.165) is 34.1 Å². The third-order valence-corrected chi connectivity index (χ3v) is 6.24. The summed E-state index contributed by atoms with van der Waals surface area (Å²) in [5.74, 6) is 3.62. The highest BCUT2D eigenvalue weighted by atomic mass is 16.7. The van der Waals surface area contributed by atoms with E-state index < -0.39 is 0 Å². The second-order valence-corrected chi connectivity index (χ2v) is 8.45. The molecule has 0 radical (unpaired) electrons. The van der Waals surface area contributed by atoms with Crippen LogP contribution in [0.3, 0.4) is 0 Å². The summed E-state index contributed by atoms with van der Waals surface area (Å²) in [5, 5.41) is 0. The minimum Gasteiger partial charge on any atom is -0.493 e. The minimum absolute atomic E-state index is 0.00178. The summed E-state index contributed by atoms with van der Waals surface area (Å²) in [4.78, 5) is 0. The Hall–Kier alpha value is -2.70. The van der Waals surface area contributed by atoms with E-state index in [1.54, 1.807) is 7.11 Å². The van der Waals surface area contributed by atoms with Crippen LogP contribution in [0.2, 0.25) is 0 Å². The Morgan fingerprint density at radius 2 is 1.58 bits per heavy atom. The molecule has 0 aromatic heterocycles. The first kappa shape index (κ1) is 20.2. The zero-order valence-corrected chi connectivity index (χ0v) is 18.1. The van der Waals surface area contributed by atoms with Crippen molar-refractivity contribution in [1.82, 2.24) is 0 Å². The van der Waals surface area contributed by atoms with Gasteiger partial charge in [-0.2, -0.15) is 0 Å². The van der Waals surface area contributed by atoms with Crippen molar-refractivity contribution >= 4 is 0 Å². The number of hydrogen-bond acceptors (Lipinski definition) is 6. The highest BCUT2D eigenvalue weighted by molar-refractivity contribution is 5.46. The molecule has 2 saturated heterocycles. The van der Waals surface area contributed by atoms with Crippen molar-refractivity contribution < 1.29 is 28.4 Å². The van der Waals surface area contributed by atoms with Gasteiger partial charge in [-0.15, -0.1) is 0 Å². The lowest BCUT2D eigenvalue weighted by molar-refractivity contribution is 0.0191. The molecule has 2 aromatic rings. The van der Waals surface area contributed by atoms with E-state index in [0.29, 0.717) is 25.7 Å². The molecular weight excluding hydrogens is 396 g/mol. The average Bonchev–Trinajstić information content (AvgIpc) is 3.49. The van der Waals surface area contributed by atoms with Crippen LogP contribution >= 0.6 is 0 Å². The molecule has 2 aromatic carbocycles. The van der Waals surface area contributed by atoms with Crippen molar-refractivity contribution in [2.24, 2.45) is 11.8 Å². The summed E-state index contributed by atoms with van der Waals surface area (Å²) in [5.41, 5.74) is 3.43. The van der Waals surface area contributed by atoms with E-state index >= 15 is 0 Å². The van der Waals surface area contributed by atoms with Crippen LogP contribution in [0, 0.1) is 11.8 Å². The molecule has 31 heavy (non-hydrogen) atoms. The van der Waals surface area contributed by atoms with E-state index in [2.05, 4.69) is 26.0 Å². The average molecular weight is 424 g/mol. The summed E-state index contributed by atoms with van der Waals surface area (Å²) in [6.07, 6.45) is 2.02. The second kappa shape index (κ2) is 8.44. The smallest absolute Gasteiger partial charge is 0.231 e. The minimum atomic E-state index is -0.0234. The summed E-state index contributed by atoms with van der Waals surface area (Å²) in [7, 11) is 1.67. The zero-order chi connectivity index (χ0) is 21.4. The van der Waals surface area contributed by atoms with Crippen molar-refractivity contribution in [1.29, 1.82) is 0 Å². The molecule has 5 rings (SSSR count). The predicted octanol–water partition coefficient (Wildman–Crippen LogP) is 4.84. The Labute approximate surface area is 182 Å². The van der Waals surface area contributed by atoms with Gasteiger partial charge in [0.2, 0.25) is 6.79 Å². The fraction of sp³-hybridized carbons (Fsp3) is 0.440. The summed E-state index contributed by atoms with van der Waals surface area (Å²) >= 11 is 0. The van der Waals surface area contributed by atoms with Crippen LogP contribution < -0.4 is 18.9 Å². The van der Waals surface area contributed by atoms with Crippen molar-refractivity contribution in [3.63, 3.8) is 0 Å². The number of methoxy groups -OCH3 is 1. The standard InChI is InChI=1S/C25H28O6/c1-15(2)8-9-27-20-6-4-16(10-22(20)26-3)24-18-12-29-25(19(18)13-28-24)17-5-7-21-23(11-17)31-14-30-21/h4-8,10-11,18-19,24-25H,9,12-14H2,1-3H3/t18-,19+,24-,25-/m0/s1. The summed E-state index contributed by atoms with van der Waals surface area (Å²) in [6, 6.07) is 12.1. The van der Waals surface area contributed by atoms with Gasteiger partial charge in [0.25, 0.3) is 0 Å². The SMILES string of the molecule is COc1cc([C@@H]2OC[C@@H]3[C@@H]2CO[C@H]3c2ccc3c(c2)OCO3)ccc1OCC=C(C)C. The van der Waals surface area contributed by atoms with Gasteiger partial charge in [-0.3, -0.25) is 0 Å². The van der Waals surface area contributed by atoms with E-state index in [-0.39, 0.29) is 24.9 Å². The largest absolute Gasteiger partial charge is 0.493 e. The van der Waals surface area contributed by atoms with E-state index in [1.807, 2.05) is 30.3 Å². The van der Waals surface area contributed by atoms with Gasteiger partial charge in [0.05, 0.1) is 32.5 Å². The van der Waals surface area contributed by atoms with Crippen LogP contribution in [0.25, 0.3) is 0 Å². The molecule has 0 aliphatic carbocycles. The molecule has 3 aliphatic rings. The number of allylic oxidation sites excluding steroid dienone is 1. The summed E-state index contributed by atoms with van der Waals surface area (Å²) in [6.45, 7) is 6.23.